The van der Waals surface area contributed by atoms with Gasteiger partial charge in [-0.15, -0.1) is 0 Å². The first-order chi connectivity index (χ1) is 9.36. The van der Waals surface area contributed by atoms with Crippen molar-refractivity contribution in [1.29, 1.82) is 0 Å². The molecule has 98 valence electrons. The Bertz CT molecular complexity index is 548. The molecule has 1 aromatic carbocycles. The predicted octanol–water partition coefficient (Wildman–Crippen LogP) is 3.08. The van der Waals surface area contributed by atoms with E-state index >= 15 is 0 Å². The number of benzene rings is 1. The van der Waals surface area contributed by atoms with E-state index in [9.17, 15) is 0 Å². The van der Waals surface area contributed by atoms with Gasteiger partial charge in [0.1, 0.15) is 5.82 Å². The predicted molar refractivity (Wildman–Crippen MR) is 79.6 cm³/mol. The summed E-state index contributed by atoms with van der Waals surface area (Å²) in [6, 6.07) is 12.9. The van der Waals surface area contributed by atoms with Crippen molar-refractivity contribution in [2.45, 2.75) is 19.9 Å². The maximum absolute atomic E-state index is 4.43. The smallest absolute Gasteiger partial charge is 0.125 e. The van der Waals surface area contributed by atoms with Gasteiger partial charge in [0.25, 0.3) is 0 Å². The van der Waals surface area contributed by atoms with Gasteiger partial charge in [-0.25, -0.2) is 4.98 Å². The third kappa shape index (κ3) is 2.55. The van der Waals surface area contributed by atoms with Crippen LogP contribution in [0.2, 0.25) is 0 Å². The maximum Gasteiger partial charge on any atom is 0.125 e. The number of aromatic nitrogens is 1. The monoisotopic (exact) mass is 253 g/mol. The lowest BCUT2D eigenvalue weighted by Crippen LogP contribution is -2.19. The van der Waals surface area contributed by atoms with Crippen LogP contribution in [0.5, 0.6) is 0 Å². The van der Waals surface area contributed by atoms with Crippen molar-refractivity contribution in [1.82, 2.24) is 4.98 Å². The van der Waals surface area contributed by atoms with E-state index in [4.69, 9.17) is 0 Å². The van der Waals surface area contributed by atoms with E-state index in [0.717, 1.165) is 31.9 Å². The van der Waals surface area contributed by atoms with E-state index in [0.29, 0.717) is 0 Å². The average molecular weight is 253 g/mol. The molecule has 0 aliphatic carbocycles. The number of rotatable bonds is 4. The molecular weight excluding hydrogens is 234 g/mol. The Morgan fingerprint density at radius 1 is 1.21 bits per heavy atom. The molecule has 3 nitrogen and oxygen atoms in total. The molecule has 1 aliphatic heterocycles. The van der Waals surface area contributed by atoms with Gasteiger partial charge in [-0.05, 0) is 36.6 Å². The third-order valence-corrected chi connectivity index (χ3v) is 3.54. The van der Waals surface area contributed by atoms with E-state index < -0.39 is 0 Å². The van der Waals surface area contributed by atoms with E-state index in [2.05, 4.69) is 58.5 Å². The molecule has 0 radical (unpaired) electrons. The number of pyridine rings is 1. The summed E-state index contributed by atoms with van der Waals surface area (Å²) in [6.07, 6.45) is 3.12. The van der Waals surface area contributed by atoms with Gasteiger partial charge in [-0.1, -0.05) is 24.3 Å². The second kappa shape index (κ2) is 5.31. The number of para-hydroxylation sites is 1. The molecule has 19 heavy (non-hydrogen) atoms. The first-order valence-electron chi connectivity index (χ1n) is 6.88. The van der Waals surface area contributed by atoms with Crippen LogP contribution in [0, 0.1) is 0 Å². The lowest BCUT2D eigenvalue weighted by Gasteiger charge is -2.19. The van der Waals surface area contributed by atoms with Crippen LogP contribution in [0.15, 0.2) is 42.6 Å². The van der Waals surface area contributed by atoms with Gasteiger partial charge in [0.2, 0.25) is 0 Å². The Labute approximate surface area is 114 Å². The Hall–Kier alpha value is -2.03. The van der Waals surface area contributed by atoms with Crippen LogP contribution in [-0.2, 0) is 13.0 Å². The molecule has 2 heterocycles. The molecule has 1 N–H and O–H groups in total. The molecule has 3 rings (SSSR count). The molecule has 2 aromatic rings. The Kier molecular flexibility index (Phi) is 3.36. The normalized spacial score (nSPS) is 13.4. The summed E-state index contributed by atoms with van der Waals surface area (Å²) >= 11 is 0. The number of hydrogen-bond acceptors (Lipinski definition) is 3. The fourth-order valence-electron chi connectivity index (χ4n) is 2.59. The lowest BCUT2D eigenvalue weighted by atomic mass is 10.2. The van der Waals surface area contributed by atoms with E-state index in [1.54, 1.807) is 0 Å². The highest BCUT2D eigenvalue weighted by Gasteiger charge is 2.18. The van der Waals surface area contributed by atoms with Crippen molar-refractivity contribution >= 4 is 11.5 Å². The van der Waals surface area contributed by atoms with Crippen LogP contribution < -0.4 is 10.2 Å². The van der Waals surface area contributed by atoms with Crippen LogP contribution in [0.3, 0.4) is 0 Å². The Morgan fingerprint density at radius 3 is 2.89 bits per heavy atom. The lowest BCUT2D eigenvalue weighted by molar-refractivity contribution is 0.832. The summed E-state index contributed by atoms with van der Waals surface area (Å²) in [5.41, 5.74) is 4.09. The topological polar surface area (TPSA) is 28.2 Å². The number of nitrogens with one attached hydrogen (secondary N) is 1. The zero-order valence-corrected chi connectivity index (χ0v) is 11.3. The fraction of sp³-hybridized carbons (Fsp3) is 0.312. The third-order valence-electron chi connectivity index (χ3n) is 3.54. The summed E-state index contributed by atoms with van der Waals surface area (Å²) in [4.78, 5) is 6.86. The van der Waals surface area contributed by atoms with Crippen LogP contribution in [-0.4, -0.2) is 18.1 Å². The van der Waals surface area contributed by atoms with E-state index in [1.165, 1.54) is 16.8 Å². The standard InChI is InChI=1S/C16H19N3/c1-2-17-16-8-7-13(11-18-16)12-19-10-9-14-5-3-4-6-15(14)19/h3-8,11H,2,9-10,12H2,1H3,(H,17,18). The van der Waals surface area contributed by atoms with Crippen molar-refractivity contribution in [3.05, 3.63) is 53.7 Å². The highest BCUT2D eigenvalue weighted by atomic mass is 15.1. The van der Waals surface area contributed by atoms with Gasteiger partial charge in [0.05, 0.1) is 0 Å². The molecule has 1 aromatic heterocycles. The first-order valence-corrected chi connectivity index (χ1v) is 6.88. The van der Waals surface area contributed by atoms with Crippen LogP contribution in [0.25, 0.3) is 0 Å². The van der Waals surface area contributed by atoms with Gasteiger partial charge in [0, 0.05) is 31.5 Å². The minimum atomic E-state index is 0.909. The molecule has 0 saturated heterocycles. The largest absolute Gasteiger partial charge is 0.370 e. The van der Waals surface area contributed by atoms with Crippen molar-refractivity contribution < 1.29 is 0 Å². The number of fused-ring (bicyclic) bond motifs is 1. The van der Waals surface area contributed by atoms with Gasteiger partial charge in [0.15, 0.2) is 0 Å². The second-order valence-corrected chi connectivity index (χ2v) is 4.88. The molecular formula is C16H19N3. The first kappa shape index (κ1) is 12.0. The zero-order chi connectivity index (χ0) is 13.1. The van der Waals surface area contributed by atoms with Crippen molar-refractivity contribution in [3.8, 4) is 0 Å². The molecule has 0 bridgehead atoms. The Morgan fingerprint density at radius 2 is 2.11 bits per heavy atom. The fourth-order valence-corrected chi connectivity index (χ4v) is 2.59. The summed E-state index contributed by atoms with van der Waals surface area (Å²) in [6.45, 7) is 5.04. The molecule has 0 amide bonds. The van der Waals surface area contributed by atoms with Crippen molar-refractivity contribution in [2.75, 3.05) is 23.3 Å². The van der Waals surface area contributed by atoms with Crippen LogP contribution in [0.4, 0.5) is 11.5 Å². The van der Waals surface area contributed by atoms with Crippen molar-refractivity contribution in [2.24, 2.45) is 0 Å². The molecule has 0 unspecified atom stereocenters. The van der Waals surface area contributed by atoms with Crippen LogP contribution in [0.1, 0.15) is 18.1 Å². The SMILES string of the molecule is CCNc1ccc(CN2CCc3ccccc32)cn1. The summed E-state index contributed by atoms with van der Waals surface area (Å²) in [5.74, 6) is 0.952. The highest BCUT2D eigenvalue weighted by molar-refractivity contribution is 5.58. The Balaban J connectivity index is 1.72. The maximum atomic E-state index is 4.43. The van der Waals surface area contributed by atoms with Crippen molar-refractivity contribution in [3.63, 3.8) is 0 Å². The number of nitrogens with zero attached hydrogens (tertiary/aromatic N) is 2. The summed E-state index contributed by atoms with van der Waals surface area (Å²) in [7, 11) is 0. The van der Waals surface area contributed by atoms with Gasteiger partial charge in [-0.3, -0.25) is 0 Å². The zero-order valence-electron chi connectivity index (χ0n) is 11.3. The molecule has 0 fully saturated rings. The minimum Gasteiger partial charge on any atom is -0.370 e. The minimum absolute atomic E-state index is 0.909. The second-order valence-electron chi connectivity index (χ2n) is 4.88. The molecule has 1 aliphatic rings. The summed E-state index contributed by atoms with van der Waals surface area (Å²) in [5, 5.41) is 3.22. The summed E-state index contributed by atoms with van der Waals surface area (Å²) < 4.78 is 0. The quantitative estimate of drug-likeness (QED) is 0.907. The van der Waals surface area contributed by atoms with Crippen LogP contribution >= 0.6 is 0 Å². The molecule has 0 saturated carbocycles. The highest BCUT2D eigenvalue weighted by Crippen LogP contribution is 2.28. The molecule has 3 heteroatoms. The van der Waals surface area contributed by atoms with Gasteiger partial charge < -0.3 is 10.2 Å². The van der Waals surface area contributed by atoms with E-state index in [-0.39, 0.29) is 0 Å². The number of anilines is 2. The average Bonchev–Trinajstić information content (AvgIpc) is 2.85. The van der Waals surface area contributed by atoms with Gasteiger partial charge in [-0.2, -0.15) is 0 Å². The molecule has 0 atom stereocenters. The number of hydrogen-bond donors (Lipinski definition) is 1. The van der Waals surface area contributed by atoms with Gasteiger partial charge >= 0.3 is 0 Å². The molecule has 0 spiro atoms. The van der Waals surface area contributed by atoms with E-state index in [1.807, 2.05) is 6.20 Å².